The van der Waals surface area contributed by atoms with Crippen molar-refractivity contribution in [3.63, 3.8) is 0 Å². The van der Waals surface area contributed by atoms with Crippen LogP contribution >= 0.6 is 0 Å². The van der Waals surface area contributed by atoms with E-state index in [1.807, 2.05) is 12.1 Å². The molecular formula is C15H21N3O. The number of nitrogens with zero attached hydrogens (tertiary/aromatic N) is 3. The van der Waals surface area contributed by atoms with Crippen LogP contribution in [0.25, 0.3) is 0 Å². The van der Waals surface area contributed by atoms with Crippen molar-refractivity contribution in [1.82, 2.24) is 4.90 Å². The molecule has 1 fully saturated rings. The van der Waals surface area contributed by atoms with Crippen LogP contribution in [0.5, 0.6) is 5.75 Å². The van der Waals surface area contributed by atoms with Crippen LogP contribution in [-0.2, 0) is 0 Å². The molecule has 0 amide bonds. The summed E-state index contributed by atoms with van der Waals surface area (Å²) in [5, 5.41) is 9.10. The summed E-state index contributed by atoms with van der Waals surface area (Å²) >= 11 is 0. The highest BCUT2D eigenvalue weighted by Gasteiger charge is 2.22. The van der Waals surface area contributed by atoms with Gasteiger partial charge in [0.25, 0.3) is 0 Å². The van der Waals surface area contributed by atoms with Gasteiger partial charge in [0.15, 0.2) is 0 Å². The molecule has 0 radical (unpaired) electrons. The van der Waals surface area contributed by atoms with Gasteiger partial charge in [0.1, 0.15) is 5.75 Å². The minimum Gasteiger partial charge on any atom is -0.497 e. The molecule has 1 saturated heterocycles. The number of nitriles is 1. The molecule has 0 N–H and O–H groups in total. The molecule has 19 heavy (non-hydrogen) atoms. The first kappa shape index (κ1) is 13.7. The van der Waals surface area contributed by atoms with Gasteiger partial charge in [-0.05, 0) is 30.7 Å². The van der Waals surface area contributed by atoms with Gasteiger partial charge in [0, 0.05) is 31.9 Å². The zero-order valence-electron chi connectivity index (χ0n) is 11.7. The molecule has 1 atom stereocenters. The third kappa shape index (κ3) is 3.18. The van der Waals surface area contributed by atoms with Crippen LogP contribution in [0.1, 0.15) is 13.3 Å². The van der Waals surface area contributed by atoms with Gasteiger partial charge in [-0.2, -0.15) is 5.26 Å². The number of benzene rings is 1. The van der Waals surface area contributed by atoms with Gasteiger partial charge in [-0.1, -0.05) is 6.92 Å². The van der Waals surface area contributed by atoms with Crippen LogP contribution in [-0.4, -0.2) is 44.2 Å². The van der Waals surface area contributed by atoms with Crippen LogP contribution < -0.4 is 9.64 Å². The summed E-state index contributed by atoms with van der Waals surface area (Å²) in [6.45, 7) is 5.94. The predicted molar refractivity (Wildman–Crippen MR) is 76.5 cm³/mol. The number of ether oxygens (including phenoxy) is 1. The molecule has 0 saturated carbocycles. The van der Waals surface area contributed by atoms with E-state index in [0.717, 1.165) is 38.3 Å². The van der Waals surface area contributed by atoms with Crippen LogP contribution in [0, 0.1) is 11.3 Å². The second kappa shape index (κ2) is 6.44. The van der Waals surface area contributed by atoms with Crippen LogP contribution in [0.3, 0.4) is 0 Å². The van der Waals surface area contributed by atoms with Crippen molar-refractivity contribution in [1.29, 1.82) is 5.26 Å². The number of hydrogen-bond donors (Lipinski definition) is 0. The number of rotatable bonds is 4. The van der Waals surface area contributed by atoms with Crippen molar-refractivity contribution >= 4 is 5.69 Å². The maximum atomic E-state index is 9.10. The Morgan fingerprint density at radius 1 is 1.21 bits per heavy atom. The molecule has 0 aromatic heterocycles. The number of hydrogen-bond acceptors (Lipinski definition) is 4. The summed E-state index contributed by atoms with van der Waals surface area (Å²) in [6, 6.07) is 10.6. The number of anilines is 1. The molecule has 1 aromatic carbocycles. The van der Waals surface area contributed by atoms with E-state index in [-0.39, 0.29) is 6.04 Å². The molecule has 1 aromatic rings. The largest absolute Gasteiger partial charge is 0.497 e. The average Bonchev–Trinajstić information content (AvgIpc) is 2.49. The highest BCUT2D eigenvalue weighted by atomic mass is 16.5. The third-order valence-corrected chi connectivity index (χ3v) is 3.73. The van der Waals surface area contributed by atoms with Crippen LogP contribution in [0.15, 0.2) is 24.3 Å². The molecule has 2 rings (SSSR count). The van der Waals surface area contributed by atoms with Gasteiger partial charge in [-0.3, -0.25) is 4.90 Å². The van der Waals surface area contributed by atoms with Crippen molar-refractivity contribution in [2.45, 2.75) is 19.4 Å². The third-order valence-electron chi connectivity index (χ3n) is 3.73. The standard InChI is InChI=1S/C15H21N3O/c1-3-13(12-16)17-8-10-18(11-9-17)14-4-6-15(19-2)7-5-14/h4-7,13H,3,8-11H2,1-2H3. The Morgan fingerprint density at radius 2 is 1.84 bits per heavy atom. The van der Waals surface area contributed by atoms with Crippen molar-refractivity contribution in [2.24, 2.45) is 0 Å². The molecule has 1 unspecified atom stereocenters. The van der Waals surface area contributed by atoms with Gasteiger partial charge < -0.3 is 9.64 Å². The minimum atomic E-state index is 0.0676. The average molecular weight is 259 g/mol. The highest BCUT2D eigenvalue weighted by Crippen LogP contribution is 2.21. The van der Waals surface area contributed by atoms with Crippen LogP contribution in [0.4, 0.5) is 5.69 Å². The van der Waals surface area contributed by atoms with E-state index in [1.165, 1.54) is 5.69 Å². The zero-order chi connectivity index (χ0) is 13.7. The summed E-state index contributed by atoms with van der Waals surface area (Å²) in [5.41, 5.74) is 1.23. The van der Waals surface area contributed by atoms with Gasteiger partial charge in [-0.25, -0.2) is 0 Å². The fourth-order valence-corrected chi connectivity index (χ4v) is 2.52. The smallest absolute Gasteiger partial charge is 0.119 e. The summed E-state index contributed by atoms with van der Waals surface area (Å²) in [5.74, 6) is 0.887. The maximum Gasteiger partial charge on any atom is 0.119 e. The lowest BCUT2D eigenvalue weighted by molar-refractivity contribution is 0.216. The first-order valence-corrected chi connectivity index (χ1v) is 6.81. The van der Waals surface area contributed by atoms with Crippen molar-refractivity contribution in [2.75, 3.05) is 38.2 Å². The molecular weight excluding hydrogens is 238 g/mol. The van der Waals surface area contributed by atoms with Crippen molar-refractivity contribution < 1.29 is 4.74 Å². The fraction of sp³-hybridized carbons (Fsp3) is 0.533. The topological polar surface area (TPSA) is 39.5 Å². The van der Waals surface area contributed by atoms with Gasteiger partial charge in [0.05, 0.1) is 19.2 Å². The maximum absolute atomic E-state index is 9.10. The SMILES string of the molecule is CCC(C#N)N1CCN(c2ccc(OC)cc2)CC1. The highest BCUT2D eigenvalue weighted by molar-refractivity contribution is 5.49. The molecule has 102 valence electrons. The number of methoxy groups -OCH3 is 1. The Balaban J connectivity index is 1.94. The van der Waals surface area contributed by atoms with E-state index in [4.69, 9.17) is 10.00 Å². The Morgan fingerprint density at radius 3 is 2.32 bits per heavy atom. The van der Waals surface area contributed by atoms with Crippen LogP contribution in [0.2, 0.25) is 0 Å². The molecule has 0 spiro atoms. The van der Waals surface area contributed by atoms with Gasteiger partial charge >= 0.3 is 0 Å². The second-order valence-electron chi connectivity index (χ2n) is 4.77. The first-order valence-electron chi connectivity index (χ1n) is 6.81. The molecule has 4 heteroatoms. The molecule has 1 aliphatic heterocycles. The Bertz CT molecular complexity index is 430. The second-order valence-corrected chi connectivity index (χ2v) is 4.77. The molecule has 1 aliphatic rings. The molecule has 0 aliphatic carbocycles. The van der Waals surface area contributed by atoms with Crippen molar-refractivity contribution in [3.05, 3.63) is 24.3 Å². The quantitative estimate of drug-likeness (QED) is 0.830. The van der Waals surface area contributed by atoms with Gasteiger partial charge in [-0.15, -0.1) is 0 Å². The van der Waals surface area contributed by atoms with Crippen molar-refractivity contribution in [3.8, 4) is 11.8 Å². The Kier molecular flexibility index (Phi) is 4.64. The van der Waals surface area contributed by atoms with E-state index in [1.54, 1.807) is 7.11 Å². The van der Waals surface area contributed by atoms with E-state index in [0.29, 0.717) is 0 Å². The first-order chi connectivity index (χ1) is 9.28. The molecule has 4 nitrogen and oxygen atoms in total. The van der Waals surface area contributed by atoms with E-state index in [2.05, 4.69) is 34.9 Å². The van der Waals surface area contributed by atoms with Gasteiger partial charge in [0.2, 0.25) is 0 Å². The lowest BCUT2D eigenvalue weighted by atomic mass is 10.1. The lowest BCUT2D eigenvalue weighted by Crippen LogP contribution is -2.49. The fourth-order valence-electron chi connectivity index (χ4n) is 2.52. The molecule has 1 heterocycles. The summed E-state index contributed by atoms with van der Waals surface area (Å²) in [4.78, 5) is 4.64. The summed E-state index contributed by atoms with van der Waals surface area (Å²) in [7, 11) is 1.68. The zero-order valence-corrected chi connectivity index (χ0v) is 11.7. The summed E-state index contributed by atoms with van der Waals surface area (Å²) < 4.78 is 5.17. The minimum absolute atomic E-state index is 0.0676. The Labute approximate surface area is 115 Å². The van der Waals surface area contributed by atoms with E-state index >= 15 is 0 Å². The van der Waals surface area contributed by atoms with E-state index in [9.17, 15) is 0 Å². The monoisotopic (exact) mass is 259 g/mol. The predicted octanol–water partition coefficient (Wildman–Crippen LogP) is 2.12. The lowest BCUT2D eigenvalue weighted by Gasteiger charge is -2.37. The normalized spacial score (nSPS) is 17.8. The molecule has 0 bridgehead atoms. The number of piperazine rings is 1. The summed E-state index contributed by atoms with van der Waals surface area (Å²) in [6.07, 6.45) is 0.902. The van der Waals surface area contributed by atoms with E-state index < -0.39 is 0 Å². The Hall–Kier alpha value is -1.73.